The van der Waals surface area contributed by atoms with Gasteiger partial charge in [0.1, 0.15) is 0 Å². The fourth-order valence-electron chi connectivity index (χ4n) is 0.919. The lowest BCUT2D eigenvalue weighted by Crippen LogP contribution is -1.85. The van der Waals surface area contributed by atoms with Gasteiger partial charge in [-0.1, -0.05) is 5.21 Å². The van der Waals surface area contributed by atoms with E-state index in [0.717, 1.165) is 0 Å². The molecule has 3 heterocycles. The minimum absolute atomic E-state index is 1.64. The molecule has 7 nitrogen and oxygen atoms in total. The molecule has 0 fully saturated rings. The molecular weight excluding hydrogens is 230 g/mol. The van der Waals surface area contributed by atoms with Crippen LogP contribution in [0.2, 0.25) is 0 Å². The Morgan fingerprint density at radius 3 is 1.39 bits per heavy atom. The second-order valence-electron chi connectivity index (χ2n) is 3.53. The zero-order valence-corrected chi connectivity index (χ0v) is 10.7. The Kier molecular flexibility index (Phi) is 5.88. The van der Waals surface area contributed by atoms with Crippen molar-refractivity contribution in [2.24, 2.45) is 21.1 Å². The van der Waals surface area contributed by atoms with Crippen molar-refractivity contribution in [3.63, 3.8) is 0 Å². The van der Waals surface area contributed by atoms with Crippen LogP contribution in [-0.4, -0.2) is 34.1 Å². The summed E-state index contributed by atoms with van der Waals surface area (Å²) in [6, 6.07) is 0. The van der Waals surface area contributed by atoms with Crippen molar-refractivity contribution >= 4 is 0 Å². The van der Waals surface area contributed by atoms with Crippen LogP contribution in [0.3, 0.4) is 0 Å². The van der Waals surface area contributed by atoms with Crippen LogP contribution in [-0.2, 0) is 21.1 Å². The molecule has 0 amide bonds. The summed E-state index contributed by atoms with van der Waals surface area (Å²) < 4.78 is 5.42. The van der Waals surface area contributed by atoms with Gasteiger partial charge in [-0.3, -0.25) is 4.68 Å². The Bertz CT molecular complexity index is 405. The summed E-state index contributed by atoms with van der Waals surface area (Å²) in [5.74, 6) is 0. The Morgan fingerprint density at radius 2 is 1.28 bits per heavy atom. The zero-order valence-electron chi connectivity index (χ0n) is 10.7. The van der Waals surface area contributed by atoms with Crippen molar-refractivity contribution in [1.82, 2.24) is 34.1 Å². The molecule has 0 saturated heterocycles. The topological polar surface area (TPSA) is 66.3 Å². The first-order valence-corrected chi connectivity index (χ1v) is 5.32. The van der Waals surface area contributed by atoms with Gasteiger partial charge >= 0.3 is 0 Å². The Balaban J connectivity index is 0.000000135. The summed E-state index contributed by atoms with van der Waals surface area (Å²) in [4.78, 5) is 7.57. The molecule has 0 aliphatic carbocycles. The van der Waals surface area contributed by atoms with E-state index >= 15 is 0 Å². The van der Waals surface area contributed by atoms with Gasteiger partial charge in [0.25, 0.3) is 0 Å². The quantitative estimate of drug-likeness (QED) is 0.585. The van der Waals surface area contributed by atoms with E-state index < -0.39 is 0 Å². The second-order valence-corrected chi connectivity index (χ2v) is 3.53. The molecule has 0 aliphatic rings. The molecule has 3 aromatic rings. The minimum Gasteiger partial charge on any atom is -0.341 e. The van der Waals surface area contributed by atoms with E-state index in [0.29, 0.717) is 0 Å². The average molecular weight is 247 g/mol. The van der Waals surface area contributed by atoms with Gasteiger partial charge in [-0.15, -0.1) is 5.10 Å². The van der Waals surface area contributed by atoms with Crippen LogP contribution in [0, 0.1) is 0 Å². The molecule has 0 unspecified atom stereocenters. The number of aryl methyl sites for hydroxylation is 3. The van der Waals surface area contributed by atoms with Crippen molar-refractivity contribution < 1.29 is 0 Å². The molecule has 7 heteroatoms. The summed E-state index contributed by atoms with van der Waals surface area (Å²) >= 11 is 0. The molecule has 96 valence electrons. The van der Waals surface area contributed by atoms with Gasteiger partial charge in [0.2, 0.25) is 0 Å². The number of aromatic nitrogens is 7. The van der Waals surface area contributed by atoms with Crippen LogP contribution in [0.15, 0.2) is 49.8 Å². The molecule has 0 radical (unpaired) electrons. The number of rotatable bonds is 0. The lowest BCUT2D eigenvalue weighted by atomic mass is 10.9. The van der Waals surface area contributed by atoms with E-state index in [4.69, 9.17) is 0 Å². The maximum Gasteiger partial charge on any atom is 0.0943 e. The summed E-state index contributed by atoms with van der Waals surface area (Å²) in [5, 5.41) is 7.12. The summed E-state index contributed by atoms with van der Waals surface area (Å²) in [5.41, 5.74) is 0. The van der Waals surface area contributed by atoms with E-state index in [1.54, 1.807) is 42.1 Å². The lowest BCUT2D eigenvalue weighted by molar-refractivity contribution is 0.715. The van der Waals surface area contributed by atoms with Gasteiger partial charge in [-0.05, 0) is 0 Å². The number of hydrogen-bond acceptors (Lipinski definition) is 4. The van der Waals surface area contributed by atoms with Crippen LogP contribution >= 0.6 is 0 Å². The first-order chi connectivity index (χ1) is 8.68. The summed E-state index contributed by atoms with van der Waals surface area (Å²) in [6.07, 6.45) is 14.2. The largest absolute Gasteiger partial charge is 0.341 e. The molecule has 3 aromatic heterocycles. The Morgan fingerprint density at radius 1 is 0.722 bits per heavy atom. The molecule has 0 spiro atoms. The summed E-state index contributed by atoms with van der Waals surface area (Å²) in [6.45, 7) is 0. The van der Waals surface area contributed by atoms with Crippen molar-refractivity contribution in [1.29, 1.82) is 0 Å². The molecule has 0 aromatic carbocycles. The minimum atomic E-state index is 1.64. The standard InChI is InChI=1S/2C4H6N2.C3H5N3/c2*1-6-3-2-5-4-6;1-6-3-2-4-5-6/h2*2-4H,1H3;2-3H,1H3. The maximum atomic E-state index is 3.78. The fourth-order valence-corrected chi connectivity index (χ4v) is 0.919. The van der Waals surface area contributed by atoms with Crippen molar-refractivity contribution in [2.45, 2.75) is 0 Å². The smallest absolute Gasteiger partial charge is 0.0943 e. The molecule has 3 rings (SSSR count). The fraction of sp³-hybridized carbons (Fsp3) is 0.273. The third kappa shape index (κ3) is 6.21. The highest BCUT2D eigenvalue weighted by Gasteiger charge is 1.71. The molecule has 0 saturated carbocycles. The predicted octanol–water partition coefficient (Wildman–Crippen LogP) is 0.655. The molecule has 0 aliphatic heterocycles. The maximum absolute atomic E-state index is 3.78. The van der Waals surface area contributed by atoms with E-state index in [1.807, 2.05) is 42.7 Å². The Hall–Kier alpha value is -2.44. The molecular formula is C11H17N7. The lowest BCUT2D eigenvalue weighted by Gasteiger charge is -1.76. The normalized spacial score (nSPS) is 8.83. The summed E-state index contributed by atoms with van der Waals surface area (Å²) in [7, 11) is 5.70. The van der Waals surface area contributed by atoms with Gasteiger partial charge in [0.05, 0.1) is 18.9 Å². The second kappa shape index (κ2) is 7.77. The highest BCUT2D eigenvalue weighted by molar-refractivity contribution is 4.70. The molecule has 0 N–H and O–H groups in total. The predicted molar refractivity (Wildman–Crippen MR) is 67.4 cm³/mol. The zero-order chi connectivity index (χ0) is 13.2. The van der Waals surface area contributed by atoms with Crippen LogP contribution in [0.4, 0.5) is 0 Å². The number of imidazole rings is 2. The van der Waals surface area contributed by atoms with Gasteiger partial charge in [0.15, 0.2) is 0 Å². The SMILES string of the molecule is Cn1ccnc1.Cn1ccnc1.Cn1ccnn1. The third-order valence-electron chi connectivity index (χ3n) is 1.82. The van der Waals surface area contributed by atoms with Crippen LogP contribution < -0.4 is 0 Å². The van der Waals surface area contributed by atoms with Gasteiger partial charge in [-0.25, -0.2) is 9.97 Å². The van der Waals surface area contributed by atoms with E-state index in [1.165, 1.54) is 0 Å². The van der Waals surface area contributed by atoms with Gasteiger partial charge < -0.3 is 9.13 Å². The molecule has 18 heavy (non-hydrogen) atoms. The molecule has 0 atom stereocenters. The van der Waals surface area contributed by atoms with Crippen molar-refractivity contribution in [3.05, 3.63) is 49.8 Å². The van der Waals surface area contributed by atoms with Gasteiger partial charge in [0, 0.05) is 52.1 Å². The average Bonchev–Trinajstić information content (AvgIpc) is 3.05. The first kappa shape index (κ1) is 13.6. The van der Waals surface area contributed by atoms with Gasteiger partial charge in [-0.2, -0.15) is 0 Å². The highest BCUT2D eigenvalue weighted by atomic mass is 15.4. The van der Waals surface area contributed by atoms with E-state index in [-0.39, 0.29) is 0 Å². The number of hydrogen-bond donors (Lipinski definition) is 0. The van der Waals surface area contributed by atoms with Crippen molar-refractivity contribution in [3.8, 4) is 0 Å². The van der Waals surface area contributed by atoms with E-state index in [2.05, 4.69) is 20.3 Å². The van der Waals surface area contributed by atoms with Crippen LogP contribution in [0.1, 0.15) is 0 Å². The van der Waals surface area contributed by atoms with Crippen LogP contribution in [0.25, 0.3) is 0 Å². The van der Waals surface area contributed by atoms with Crippen molar-refractivity contribution in [2.75, 3.05) is 0 Å². The molecule has 0 bridgehead atoms. The first-order valence-electron chi connectivity index (χ1n) is 5.32. The highest BCUT2D eigenvalue weighted by Crippen LogP contribution is 1.74. The number of nitrogens with zero attached hydrogens (tertiary/aromatic N) is 7. The van der Waals surface area contributed by atoms with Crippen LogP contribution in [0.5, 0.6) is 0 Å². The monoisotopic (exact) mass is 247 g/mol. The van der Waals surface area contributed by atoms with E-state index in [9.17, 15) is 0 Å². The third-order valence-corrected chi connectivity index (χ3v) is 1.82. The Labute approximate surface area is 106 Å².